The average molecular weight is 129 g/mol. The van der Waals surface area contributed by atoms with Gasteiger partial charge in [-0.2, -0.15) is 7.05 Å². The molecule has 0 unspecified atom stereocenters. The smallest absolute Gasteiger partial charge is 0.00480 e. The molecule has 0 saturated heterocycles. The lowest BCUT2D eigenvalue weighted by Gasteiger charge is -2.21. The van der Waals surface area contributed by atoms with Crippen LogP contribution < -0.4 is 0 Å². The molecule has 0 radical (unpaired) electrons. The monoisotopic (exact) mass is 129 g/mol. The molecule has 0 spiro atoms. The van der Waals surface area contributed by atoms with Crippen LogP contribution in [-0.2, 0) is 0 Å². The van der Waals surface area contributed by atoms with Gasteiger partial charge in [0.2, 0.25) is 0 Å². The van der Waals surface area contributed by atoms with E-state index in [2.05, 4.69) is 24.1 Å². The Labute approximate surface area is 58.2 Å². The quantitative estimate of drug-likeness (QED) is 0.547. The summed E-state index contributed by atoms with van der Waals surface area (Å²) in [6.45, 7) is 8.74. The fourth-order valence-corrected chi connectivity index (χ4v) is 0.781. The van der Waals surface area contributed by atoms with Crippen LogP contribution in [0.15, 0.2) is 0 Å². The summed E-state index contributed by atoms with van der Waals surface area (Å²) in [7, 11) is 1.86. The van der Waals surface area contributed by atoms with E-state index in [1.54, 1.807) is 0 Å². The molecule has 0 atom stereocenters. The van der Waals surface area contributed by atoms with Crippen molar-refractivity contribution in [3.63, 3.8) is 0 Å². The maximum absolute atomic E-state index is 4.03. The average Bonchev–Trinajstić information content (AvgIpc) is 1.91. The van der Waals surface area contributed by atoms with Crippen LogP contribution in [0.5, 0.6) is 0 Å². The molecule has 0 N–H and O–H groups in total. The van der Waals surface area contributed by atoms with Gasteiger partial charge in [0.05, 0.1) is 0 Å². The minimum absolute atomic E-state index is 0.974. The molecule has 0 heterocycles. The highest BCUT2D eigenvalue weighted by atomic mass is 15.1. The Bertz CT molecular complexity index is 50.9. The Morgan fingerprint density at radius 1 is 1.22 bits per heavy atom. The van der Waals surface area contributed by atoms with Crippen LogP contribution in [0.1, 0.15) is 13.8 Å². The minimum Gasteiger partial charge on any atom is -0.664 e. The third kappa shape index (κ3) is 4.43. The van der Waals surface area contributed by atoms with Gasteiger partial charge >= 0.3 is 0 Å². The summed E-state index contributed by atoms with van der Waals surface area (Å²) in [6.07, 6.45) is 0. The van der Waals surface area contributed by atoms with Crippen LogP contribution in [-0.4, -0.2) is 38.1 Å². The van der Waals surface area contributed by atoms with E-state index in [1.165, 1.54) is 0 Å². The summed E-state index contributed by atoms with van der Waals surface area (Å²) in [5, 5.41) is 4.03. The number of hydrogen-bond acceptors (Lipinski definition) is 1. The van der Waals surface area contributed by atoms with Crippen molar-refractivity contribution in [3.05, 3.63) is 5.32 Å². The van der Waals surface area contributed by atoms with Crippen LogP contribution in [0.3, 0.4) is 0 Å². The maximum atomic E-state index is 4.03. The van der Waals surface area contributed by atoms with Gasteiger partial charge in [0.1, 0.15) is 0 Å². The van der Waals surface area contributed by atoms with Crippen LogP contribution in [0.25, 0.3) is 5.32 Å². The molecule has 0 aromatic heterocycles. The minimum atomic E-state index is 0.974. The molecule has 0 bridgehead atoms. The summed E-state index contributed by atoms with van der Waals surface area (Å²) in [5.74, 6) is 0. The first-order valence-corrected chi connectivity index (χ1v) is 3.63. The summed E-state index contributed by atoms with van der Waals surface area (Å²) in [4.78, 5) is 2.37. The first-order chi connectivity index (χ1) is 4.35. The van der Waals surface area contributed by atoms with Crippen molar-refractivity contribution < 1.29 is 0 Å². The molecule has 0 aromatic rings. The number of rotatable bonds is 5. The Balaban J connectivity index is 3.09. The molecule has 0 aliphatic rings. The fourth-order valence-electron chi connectivity index (χ4n) is 0.781. The van der Waals surface area contributed by atoms with Gasteiger partial charge in [0, 0.05) is 0 Å². The molecule has 0 aliphatic carbocycles. The molecule has 0 fully saturated rings. The Morgan fingerprint density at radius 3 is 2.11 bits per heavy atom. The van der Waals surface area contributed by atoms with Crippen LogP contribution in [0, 0.1) is 0 Å². The van der Waals surface area contributed by atoms with E-state index in [0.717, 1.165) is 26.2 Å². The second-order valence-electron chi connectivity index (χ2n) is 2.07. The molecular formula is C7H17N2-. The predicted octanol–water partition coefficient (Wildman–Crippen LogP) is 1.33. The largest absolute Gasteiger partial charge is 0.664 e. The zero-order valence-corrected chi connectivity index (χ0v) is 6.72. The molecule has 56 valence electrons. The van der Waals surface area contributed by atoms with Crippen molar-refractivity contribution in [2.45, 2.75) is 13.8 Å². The van der Waals surface area contributed by atoms with E-state index >= 15 is 0 Å². The zero-order chi connectivity index (χ0) is 7.11. The van der Waals surface area contributed by atoms with Crippen molar-refractivity contribution in [3.8, 4) is 0 Å². The Morgan fingerprint density at radius 2 is 1.78 bits per heavy atom. The van der Waals surface area contributed by atoms with Crippen LogP contribution in [0.2, 0.25) is 0 Å². The molecule has 0 rings (SSSR count). The van der Waals surface area contributed by atoms with Gasteiger partial charge in [-0.1, -0.05) is 13.8 Å². The molecule has 2 nitrogen and oxygen atoms in total. The second-order valence-corrected chi connectivity index (χ2v) is 2.07. The van der Waals surface area contributed by atoms with Crippen molar-refractivity contribution in [2.24, 2.45) is 0 Å². The van der Waals surface area contributed by atoms with E-state index in [-0.39, 0.29) is 0 Å². The highest BCUT2D eigenvalue weighted by molar-refractivity contribution is 4.71. The zero-order valence-electron chi connectivity index (χ0n) is 6.72. The van der Waals surface area contributed by atoms with E-state index in [9.17, 15) is 0 Å². The molecule has 2 heteroatoms. The predicted molar refractivity (Wildman–Crippen MR) is 41.9 cm³/mol. The molecule has 9 heavy (non-hydrogen) atoms. The Hall–Kier alpha value is -0.0800. The summed E-state index contributed by atoms with van der Waals surface area (Å²) >= 11 is 0. The molecule has 0 aliphatic heterocycles. The van der Waals surface area contributed by atoms with Crippen LogP contribution in [0.4, 0.5) is 0 Å². The molecule has 0 amide bonds. The molecular weight excluding hydrogens is 112 g/mol. The highest BCUT2D eigenvalue weighted by Gasteiger charge is 1.91. The SMILES string of the molecule is CCN(CC)CC[N-]C. The Kier molecular flexibility index (Phi) is 5.99. The van der Waals surface area contributed by atoms with Gasteiger partial charge in [0.15, 0.2) is 0 Å². The van der Waals surface area contributed by atoms with Crippen molar-refractivity contribution in [2.75, 3.05) is 33.2 Å². The third-order valence-corrected chi connectivity index (χ3v) is 1.53. The summed E-state index contributed by atoms with van der Waals surface area (Å²) in [5.41, 5.74) is 0. The van der Waals surface area contributed by atoms with Gasteiger partial charge in [-0.15, -0.1) is 6.54 Å². The second kappa shape index (κ2) is 6.05. The van der Waals surface area contributed by atoms with E-state index in [4.69, 9.17) is 0 Å². The van der Waals surface area contributed by atoms with Crippen molar-refractivity contribution >= 4 is 0 Å². The van der Waals surface area contributed by atoms with Gasteiger partial charge in [-0.3, -0.25) is 0 Å². The summed E-state index contributed by atoms with van der Waals surface area (Å²) < 4.78 is 0. The van der Waals surface area contributed by atoms with Crippen LogP contribution >= 0.6 is 0 Å². The van der Waals surface area contributed by atoms with Gasteiger partial charge < -0.3 is 10.2 Å². The van der Waals surface area contributed by atoms with Crippen molar-refractivity contribution in [1.82, 2.24) is 4.90 Å². The lowest BCUT2D eigenvalue weighted by Crippen LogP contribution is -2.25. The molecule has 0 saturated carbocycles. The first-order valence-electron chi connectivity index (χ1n) is 3.63. The lowest BCUT2D eigenvalue weighted by molar-refractivity contribution is 0.317. The fraction of sp³-hybridized carbons (Fsp3) is 1.00. The normalized spacial score (nSPS) is 10.7. The maximum Gasteiger partial charge on any atom is -0.00480 e. The van der Waals surface area contributed by atoms with Gasteiger partial charge in [-0.05, 0) is 19.6 Å². The highest BCUT2D eigenvalue weighted by Crippen LogP contribution is 1.87. The van der Waals surface area contributed by atoms with Crippen molar-refractivity contribution in [1.29, 1.82) is 0 Å². The van der Waals surface area contributed by atoms with E-state index < -0.39 is 0 Å². The topological polar surface area (TPSA) is 17.3 Å². The first kappa shape index (κ1) is 8.92. The number of likely N-dealkylation sites (N-methyl/N-ethyl adjacent to an activating group) is 2. The molecule has 0 aromatic carbocycles. The number of nitrogens with zero attached hydrogens (tertiary/aromatic N) is 2. The standard InChI is InChI=1S/C7H17N2/c1-4-9(5-2)7-6-8-3/h4-7H2,1-3H3/q-1. The van der Waals surface area contributed by atoms with Gasteiger partial charge in [0.25, 0.3) is 0 Å². The number of hydrogen-bond donors (Lipinski definition) is 0. The summed E-state index contributed by atoms with van der Waals surface area (Å²) in [6, 6.07) is 0. The van der Waals surface area contributed by atoms with E-state index in [0.29, 0.717) is 0 Å². The van der Waals surface area contributed by atoms with E-state index in [1.807, 2.05) is 7.05 Å². The van der Waals surface area contributed by atoms with Gasteiger partial charge in [-0.25, -0.2) is 0 Å². The third-order valence-electron chi connectivity index (χ3n) is 1.53. The lowest BCUT2D eigenvalue weighted by atomic mass is 10.5.